The van der Waals surface area contributed by atoms with Gasteiger partial charge in [-0.2, -0.15) is 0 Å². The Labute approximate surface area is 180 Å². The first kappa shape index (κ1) is 20.7. The highest BCUT2D eigenvalue weighted by molar-refractivity contribution is 7.95. The van der Waals surface area contributed by atoms with Gasteiger partial charge in [-0.05, 0) is 48.9 Å². The Morgan fingerprint density at radius 2 is 1.52 bits per heavy atom. The molecule has 1 N–H and O–H groups in total. The zero-order valence-electron chi connectivity index (χ0n) is 17.0. The first-order chi connectivity index (χ1) is 14.8. The molecule has 1 heterocycles. The van der Waals surface area contributed by atoms with Crippen LogP contribution in [0.4, 0.5) is 5.69 Å². The summed E-state index contributed by atoms with van der Waals surface area (Å²) >= 11 is 0. The Balaban J connectivity index is 1.92. The van der Waals surface area contributed by atoms with E-state index in [-0.39, 0.29) is 9.80 Å². The molecule has 4 rings (SSSR count). The van der Waals surface area contributed by atoms with Gasteiger partial charge in [-0.3, -0.25) is 9.69 Å². The maximum Gasteiger partial charge on any atom is 0.295 e. The van der Waals surface area contributed by atoms with E-state index in [1.165, 1.54) is 24.1 Å². The molecule has 1 aliphatic rings. The molecular formula is C24H21NO5S. The highest BCUT2D eigenvalue weighted by Gasteiger charge is 2.47. The van der Waals surface area contributed by atoms with Crippen molar-refractivity contribution in [3.8, 4) is 5.75 Å². The first-order valence-corrected chi connectivity index (χ1v) is 11.1. The standard InChI is InChI=1S/C24H21NO5S/c1-16-8-14-20(15-9-16)31(28,29)23-21(17-10-12-19(30-2)13-11-17)25(24(27)22(23)26)18-6-4-3-5-7-18/h3-15,21,26H,1-2H3/t21-/m0/s1. The summed E-state index contributed by atoms with van der Waals surface area (Å²) in [5.41, 5.74) is 1.92. The van der Waals surface area contributed by atoms with E-state index in [1.807, 2.05) is 6.92 Å². The number of nitrogens with zero attached hydrogens (tertiary/aromatic N) is 1. The molecule has 0 fully saturated rings. The van der Waals surface area contributed by atoms with Gasteiger partial charge in [-0.15, -0.1) is 0 Å². The number of carbonyl (C=O) groups is 1. The first-order valence-electron chi connectivity index (χ1n) is 9.62. The number of hydrogen-bond donors (Lipinski definition) is 1. The Bertz CT molecular complexity index is 1250. The van der Waals surface area contributed by atoms with Crippen molar-refractivity contribution in [3.05, 3.63) is 101 Å². The number of amides is 1. The molecule has 7 heteroatoms. The van der Waals surface area contributed by atoms with Gasteiger partial charge in [0.1, 0.15) is 16.7 Å². The van der Waals surface area contributed by atoms with Crippen LogP contribution in [0.3, 0.4) is 0 Å². The maximum absolute atomic E-state index is 13.6. The van der Waals surface area contributed by atoms with Crippen LogP contribution in [0.25, 0.3) is 0 Å². The lowest BCUT2D eigenvalue weighted by Crippen LogP contribution is -2.31. The average molecular weight is 436 g/mol. The number of sulfone groups is 1. The number of carbonyl (C=O) groups excluding carboxylic acids is 1. The van der Waals surface area contributed by atoms with Crippen LogP contribution in [0.5, 0.6) is 5.75 Å². The fraction of sp³-hybridized carbons (Fsp3) is 0.125. The number of benzene rings is 3. The summed E-state index contributed by atoms with van der Waals surface area (Å²) < 4.78 is 32.3. The molecule has 3 aromatic carbocycles. The molecule has 1 aliphatic heterocycles. The minimum atomic E-state index is -4.16. The van der Waals surface area contributed by atoms with Crippen molar-refractivity contribution >= 4 is 21.4 Å². The van der Waals surface area contributed by atoms with E-state index in [9.17, 15) is 18.3 Å². The molecular weight excluding hydrogens is 414 g/mol. The van der Waals surface area contributed by atoms with Crippen molar-refractivity contribution in [2.45, 2.75) is 17.9 Å². The van der Waals surface area contributed by atoms with Crippen molar-refractivity contribution in [1.82, 2.24) is 0 Å². The SMILES string of the molecule is COc1ccc([C@H]2C(S(=O)(=O)c3ccc(C)cc3)=C(O)C(=O)N2c2ccccc2)cc1. The minimum Gasteiger partial charge on any atom is -0.502 e. The van der Waals surface area contributed by atoms with E-state index in [0.717, 1.165) is 5.56 Å². The molecule has 0 saturated carbocycles. The lowest BCUT2D eigenvalue weighted by molar-refractivity contribution is -0.117. The van der Waals surface area contributed by atoms with E-state index >= 15 is 0 Å². The van der Waals surface area contributed by atoms with Crippen LogP contribution >= 0.6 is 0 Å². The number of anilines is 1. The number of para-hydroxylation sites is 1. The molecule has 1 atom stereocenters. The fourth-order valence-corrected chi connectivity index (χ4v) is 5.27. The second-order valence-corrected chi connectivity index (χ2v) is 9.13. The van der Waals surface area contributed by atoms with Crippen LogP contribution in [0.1, 0.15) is 17.2 Å². The summed E-state index contributed by atoms with van der Waals surface area (Å²) in [7, 11) is -2.62. The molecule has 6 nitrogen and oxygen atoms in total. The lowest BCUT2D eigenvalue weighted by Gasteiger charge is -2.27. The molecule has 0 unspecified atom stereocenters. The van der Waals surface area contributed by atoms with Crippen LogP contribution < -0.4 is 9.64 Å². The van der Waals surface area contributed by atoms with Crippen LogP contribution in [-0.4, -0.2) is 26.5 Å². The molecule has 31 heavy (non-hydrogen) atoms. The fourth-order valence-electron chi connectivity index (χ4n) is 3.64. The van der Waals surface area contributed by atoms with Crippen LogP contribution in [0.2, 0.25) is 0 Å². The van der Waals surface area contributed by atoms with E-state index in [4.69, 9.17) is 4.74 Å². The number of rotatable bonds is 5. The zero-order valence-corrected chi connectivity index (χ0v) is 17.8. The van der Waals surface area contributed by atoms with Crippen molar-refractivity contribution in [1.29, 1.82) is 0 Å². The molecule has 0 aliphatic carbocycles. The predicted octanol–water partition coefficient (Wildman–Crippen LogP) is 4.34. The van der Waals surface area contributed by atoms with Gasteiger partial charge in [-0.1, -0.05) is 48.0 Å². The molecule has 158 valence electrons. The smallest absolute Gasteiger partial charge is 0.295 e. The van der Waals surface area contributed by atoms with Gasteiger partial charge in [0, 0.05) is 5.69 Å². The minimum absolute atomic E-state index is 0.0147. The van der Waals surface area contributed by atoms with Gasteiger partial charge in [0.2, 0.25) is 9.84 Å². The Morgan fingerprint density at radius 3 is 2.10 bits per heavy atom. The van der Waals surface area contributed by atoms with Gasteiger partial charge in [0.15, 0.2) is 5.76 Å². The topological polar surface area (TPSA) is 83.9 Å². The summed E-state index contributed by atoms with van der Waals surface area (Å²) in [6.45, 7) is 1.85. The quantitative estimate of drug-likeness (QED) is 0.645. The number of hydrogen-bond acceptors (Lipinski definition) is 5. The molecule has 0 bridgehead atoms. The van der Waals surface area contributed by atoms with E-state index < -0.39 is 27.5 Å². The van der Waals surface area contributed by atoms with Crippen LogP contribution in [0.15, 0.2) is 94.4 Å². The summed E-state index contributed by atoms with van der Waals surface area (Å²) in [6, 6.07) is 20.7. The van der Waals surface area contributed by atoms with E-state index in [1.54, 1.807) is 66.7 Å². The molecule has 1 amide bonds. The maximum atomic E-state index is 13.6. The zero-order chi connectivity index (χ0) is 22.2. The normalized spacial score (nSPS) is 16.6. The number of aliphatic hydroxyl groups is 1. The number of aryl methyl sites for hydroxylation is 1. The third-order valence-corrected chi connectivity index (χ3v) is 7.14. The molecule has 0 radical (unpaired) electrons. The second-order valence-electron chi connectivity index (χ2n) is 7.22. The summed E-state index contributed by atoms with van der Waals surface area (Å²) in [5, 5.41) is 10.8. The largest absolute Gasteiger partial charge is 0.502 e. The Kier molecular flexibility index (Phi) is 5.29. The molecule has 0 saturated heterocycles. The van der Waals surface area contributed by atoms with Crippen molar-refractivity contribution < 1.29 is 23.1 Å². The Hall–Kier alpha value is -3.58. The highest BCUT2D eigenvalue weighted by Crippen LogP contribution is 2.44. The summed E-state index contributed by atoms with van der Waals surface area (Å²) in [4.78, 5) is 14.1. The second kappa shape index (κ2) is 7.92. The van der Waals surface area contributed by atoms with Gasteiger partial charge >= 0.3 is 0 Å². The van der Waals surface area contributed by atoms with Crippen molar-refractivity contribution in [3.63, 3.8) is 0 Å². The molecule has 0 spiro atoms. The summed E-state index contributed by atoms with van der Waals surface area (Å²) in [5.74, 6) is -0.946. The third-order valence-electron chi connectivity index (χ3n) is 5.25. The van der Waals surface area contributed by atoms with E-state index in [2.05, 4.69) is 0 Å². The van der Waals surface area contributed by atoms with Crippen LogP contribution in [-0.2, 0) is 14.6 Å². The van der Waals surface area contributed by atoms with Gasteiger partial charge in [0.05, 0.1) is 12.0 Å². The number of ether oxygens (including phenoxy) is 1. The lowest BCUT2D eigenvalue weighted by atomic mass is 10.1. The average Bonchev–Trinajstić information content (AvgIpc) is 3.06. The van der Waals surface area contributed by atoms with Gasteiger partial charge in [-0.25, -0.2) is 8.42 Å². The van der Waals surface area contributed by atoms with E-state index in [0.29, 0.717) is 17.0 Å². The Morgan fingerprint density at radius 1 is 0.903 bits per heavy atom. The van der Waals surface area contributed by atoms with Crippen molar-refractivity contribution in [2.24, 2.45) is 0 Å². The molecule has 0 aromatic heterocycles. The molecule has 3 aromatic rings. The predicted molar refractivity (Wildman–Crippen MR) is 118 cm³/mol. The number of aliphatic hydroxyl groups excluding tert-OH is 1. The van der Waals surface area contributed by atoms with Crippen molar-refractivity contribution in [2.75, 3.05) is 12.0 Å². The third kappa shape index (κ3) is 3.57. The number of methoxy groups -OCH3 is 1. The van der Waals surface area contributed by atoms with Crippen LogP contribution in [0, 0.1) is 6.92 Å². The van der Waals surface area contributed by atoms with Gasteiger partial charge < -0.3 is 9.84 Å². The highest BCUT2D eigenvalue weighted by atomic mass is 32.2. The summed E-state index contributed by atoms with van der Waals surface area (Å²) in [6.07, 6.45) is 0. The van der Waals surface area contributed by atoms with Gasteiger partial charge in [0.25, 0.3) is 5.91 Å². The monoisotopic (exact) mass is 435 g/mol.